The van der Waals surface area contributed by atoms with Crippen LogP contribution in [0.2, 0.25) is 0 Å². The summed E-state index contributed by atoms with van der Waals surface area (Å²) in [5, 5.41) is 11.5. The van der Waals surface area contributed by atoms with Gasteiger partial charge in [0.1, 0.15) is 23.9 Å². The molecule has 2 heterocycles. The number of aliphatic hydroxyl groups excluding tert-OH is 1. The fraction of sp³-hybridized carbons (Fsp3) is 0.438. The molecule has 0 aliphatic carbocycles. The predicted molar refractivity (Wildman–Crippen MR) is 155 cm³/mol. The van der Waals surface area contributed by atoms with Crippen molar-refractivity contribution >= 4 is 17.4 Å². The molecule has 0 saturated carbocycles. The van der Waals surface area contributed by atoms with Crippen LogP contribution in [-0.2, 0) is 14.3 Å². The SMILES string of the molecule is C=CCOc1ccc(C2/C(=C(\O)c3ccc(OCC(C)C)cc3C)C(=O)C(=O)N2CCCN2CCOCC2)cc1. The van der Waals surface area contributed by atoms with Gasteiger partial charge in [0.05, 0.1) is 31.4 Å². The van der Waals surface area contributed by atoms with E-state index in [2.05, 4.69) is 25.3 Å². The van der Waals surface area contributed by atoms with Crippen LogP contribution >= 0.6 is 0 Å². The Balaban J connectivity index is 1.66. The number of aliphatic hydroxyl groups is 1. The first-order chi connectivity index (χ1) is 19.3. The number of hydrogen-bond donors (Lipinski definition) is 1. The highest BCUT2D eigenvalue weighted by Gasteiger charge is 2.46. The highest BCUT2D eigenvalue weighted by Crippen LogP contribution is 2.40. The van der Waals surface area contributed by atoms with Gasteiger partial charge >= 0.3 is 0 Å². The van der Waals surface area contributed by atoms with Crippen molar-refractivity contribution in [3.05, 3.63) is 77.4 Å². The predicted octanol–water partition coefficient (Wildman–Crippen LogP) is 4.74. The summed E-state index contributed by atoms with van der Waals surface area (Å²) in [5.41, 5.74) is 2.08. The molecule has 1 amide bonds. The summed E-state index contributed by atoms with van der Waals surface area (Å²) >= 11 is 0. The Morgan fingerprint density at radius 1 is 1.07 bits per heavy atom. The van der Waals surface area contributed by atoms with Crippen molar-refractivity contribution < 1.29 is 28.9 Å². The van der Waals surface area contributed by atoms with E-state index in [4.69, 9.17) is 14.2 Å². The largest absolute Gasteiger partial charge is 0.507 e. The van der Waals surface area contributed by atoms with Crippen molar-refractivity contribution in [2.24, 2.45) is 5.92 Å². The van der Waals surface area contributed by atoms with Gasteiger partial charge in [-0.25, -0.2) is 0 Å². The molecule has 2 aliphatic heterocycles. The van der Waals surface area contributed by atoms with Crippen molar-refractivity contribution in [2.75, 3.05) is 52.6 Å². The van der Waals surface area contributed by atoms with Gasteiger partial charge in [-0.05, 0) is 60.7 Å². The molecule has 2 aliphatic rings. The van der Waals surface area contributed by atoms with E-state index < -0.39 is 17.7 Å². The van der Waals surface area contributed by atoms with E-state index in [0.29, 0.717) is 62.4 Å². The molecule has 1 atom stereocenters. The van der Waals surface area contributed by atoms with Gasteiger partial charge in [0.2, 0.25) is 0 Å². The molecule has 0 aromatic heterocycles. The summed E-state index contributed by atoms with van der Waals surface area (Å²) in [5.74, 6) is 0.259. The van der Waals surface area contributed by atoms with E-state index in [1.807, 2.05) is 25.1 Å². The van der Waals surface area contributed by atoms with E-state index in [0.717, 1.165) is 30.8 Å². The van der Waals surface area contributed by atoms with Crippen LogP contribution in [0.3, 0.4) is 0 Å². The summed E-state index contributed by atoms with van der Waals surface area (Å²) in [6, 6.07) is 11.9. The van der Waals surface area contributed by atoms with Crippen molar-refractivity contribution in [3.8, 4) is 11.5 Å². The lowest BCUT2D eigenvalue weighted by Gasteiger charge is -2.29. The van der Waals surface area contributed by atoms with Crippen molar-refractivity contribution in [2.45, 2.75) is 33.2 Å². The molecule has 2 aromatic carbocycles. The first-order valence-electron chi connectivity index (χ1n) is 14.0. The zero-order chi connectivity index (χ0) is 28.6. The van der Waals surface area contributed by atoms with E-state index >= 15 is 0 Å². The fourth-order valence-electron chi connectivity index (χ4n) is 5.05. The molecule has 2 aromatic rings. The van der Waals surface area contributed by atoms with Crippen molar-refractivity contribution in [1.82, 2.24) is 9.80 Å². The molecule has 8 heteroatoms. The number of nitrogens with zero attached hydrogens (tertiary/aromatic N) is 2. The molecule has 214 valence electrons. The van der Waals surface area contributed by atoms with Gasteiger partial charge in [-0.3, -0.25) is 14.5 Å². The normalized spacial score (nSPS) is 19.3. The first-order valence-corrected chi connectivity index (χ1v) is 14.0. The number of carbonyl (C=O) groups excluding carboxylic acids is 2. The van der Waals surface area contributed by atoms with Crippen molar-refractivity contribution in [3.63, 3.8) is 0 Å². The lowest BCUT2D eigenvalue weighted by molar-refractivity contribution is -0.140. The van der Waals surface area contributed by atoms with Crippen LogP contribution in [0, 0.1) is 12.8 Å². The number of ether oxygens (including phenoxy) is 3. The monoisotopic (exact) mass is 548 g/mol. The highest BCUT2D eigenvalue weighted by molar-refractivity contribution is 6.46. The molecule has 40 heavy (non-hydrogen) atoms. The maximum atomic E-state index is 13.4. The number of aryl methyl sites for hydroxylation is 1. The van der Waals surface area contributed by atoms with Crippen LogP contribution in [0.1, 0.15) is 43.0 Å². The molecule has 0 radical (unpaired) electrons. The zero-order valence-electron chi connectivity index (χ0n) is 23.7. The zero-order valence-corrected chi connectivity index (χ0v) is 23.7. The number of amides is 1. The first kappa shape index (κ1) is 29.4. The Hall–Kier alpha value is -3.62. The fourth-order valence-corrected chi connectivity index (χ4v) is 5.05. The molecular weight excluding hydrogens is 508 g/mol. The van der Waals surface area contributed by atoms with Gasteiger partial charge in [0.15, 0.2) is 0 Å². The van der Waals surface area contributed by atoms with Crippen LogP contribution in [0.5, 0.6) is 11.5 Å². The second kappa shape index (κ2) is 13.6. The Bertz CT molecular complexity index is 1230. The topological polar surface area (TPSA) is 88.5 Å². The summed E-state index contributed by atoms with van der Waals surface area (Å²) in [7, 11) is 0. The third kappa shape index (κ3) is 6.92. The number of benzene rings is 2. The number of hydrogen-bond acceptors (Lipinski definition) is 7. The number of morpholine rings is 1. The van der Waals surface area contributed by atoms with Crippen LogP contribution in [-0.4, -0.2) is 79.2 Å². The molecule has 4 rings (SSSR count). The molecule has 1 unspecified atom stereocenters. The Labute approximate surface area is 236 Å². The second-order valence-electron chi connectivity index (χ2n) is 10.7. The molecule has 0 spiro atoms. The lowest BCUT2D eigenvalue weighted by atomic mass is 9.93. The third-order valence-electron chi connectivity index (χ3n) is 7.12. The number of Topliss-reactive ketones (excluding diaryl/α,β-unsaturated/α-hetero) is 1. The van der Waals surface area contributed by atoms with Crippen molar-refractivity contribution in [1.29, 1.82) is 0 Å². The van der Waals surface area contributed by atoms with Gasteiger partial charge in [-0.2, -0.15) is 0 Å². The second-order valence-corrected chi connectivity index (χ2v) is 10.7. The average Bonchev–Trinajstić information content (AvgIpc) is 3.20. The summed E-state index contributed by atoms with van der Waals surface area (Å²) < 4.78 is 16.9. The Kier molecular flexibility index (Phi) is 10.0. The van der Waals surface area contributed by atoms with Gasteiger partial charge in [0.25, 0.3) is 11.7 Å². The molecule has 1 N–H and O–H groups in total. The van der Waals surface area contributed by atoms with Crippen LogP contribution < -0.4 is 9.47 Å². The van der Waals surface area contributed by atoms with E-state index in [9.17, 15) is 14.7 Å². The lowest BCUT2D eigenvalue weighted by Crippen LogP contribution is -2.38. The summed E-state index contributed by atoms with van der Waals surface area (Å²) in [4.78, 5) is 30.7. The molecule has 2 saturated heterocycles. The number of ketones is 1. The smallest absolute Gasteiger partial charge is 0.295 e. The molecule has 2 fully saturated rings. The van der Waals surface area contributed by atoms with E-state index in [-0.39, 0.29) is 11.3 Å². The number of rotatable bonds is 12. The minimum absolute atomic E-state index is 0.0927. The van der Waals surface area contributed by atoms with Gasteiger partial charge in [0, 0.05) is 31.7 Å². The van der Waals surface area contributed by atoms with E-state index in [1.165, 1.54) is 0 Å². The Morgan fingerprint density at radius 2 is 1.77 bits per heavy atom. The number of likely N-dealkylation sites (tertiary alicyclic amines) is 1. The van der Waals surface area contributed by atoms with Gasteiger partial charge in [-0.15, -0.1) is 0 Å². The highest BCUT2D eigenvalue weighted by atomic mass is 16.5. The Morgan fingerprint density at radius 3 is 2.42 bits per heavy atom. The molecule has 8 nitrogen and oxygen atoms in total. The van der Waals surface area contributed by atoms with E-state index in [1.54, 1.807) is 35.2 Å². The summed E-state index contributed by atoms with van der Waals surface area (Å²) in [6.07, 6.45) is 2.36. The minimum Gasteiger partial charge on any atom is -0.507 e. The number of carbonyl (C=O) groups is 2. The maximum Gasteiger partial charge on any atom is 0.295 e. The molecular formula is C32H40N2O6. The van der Waals surface area contributed by atoms with Crippen LogP contribution in [0.4, 0.5) is 0 Å². The maximum absolute atomic E-state index is 13.4. The molecule has 0 bridgehead atoms. The standard InChI is InChI=1S/C32H40N2O6/c1-5-17-39-25-9-7-24(8-10-25)29-28(30(35)27-12-11-26(20-23(27)4)40-21-22(2)3)31(36)32(37)34(29)14-6-13-33-15-18-38-19-16-33/h5,7-12,20,22,29,35H,1,6,13-19,21H2,2-4H3/b30-28+. The minimum atomic E-state index is -0.714. The average molecular weight is 549 g/mol. The third-order valence-corrected chi connectivity index (χ3v) is 7.12. The summed E-state index contributed by atoms with van der Waals surface area (Å²) in [6.45, 7) is 14.9. The quantitative estimate of drug-likeness (QED) is 0.177. The van der Waals surface area contributed by atoms with Crippen LogP contribution in [0.25, 0.3) is 5.76 Å². The van der Waals surface area contributed by atoms with Gasteiger partial charge in [-0.1, -0.05) is 38.6 Å². The van der Waals surface area contributed by atoms with Gasteiger partial charge < -0.3 is 24.2 Å². The van der Waals surface area contributed by atoms with Crippen LogP contribution in [0.15, 0.2) is 60.7 Å².